The van der Waals surface area contributed by atoms with Gasteiger partial charge in [-0.25, -0.2) is 0 Å². The van der Waals surface area contributed by atoms with Crippen LogP contribution in [-0.2, 0) is 0 Å². The quantitative estimate of drug-likeness (QED) is 0.198. The summed E-state index contributed by atoms with van der Waals surface area (Å²) in [6, 6.07) is 0. The number of nitrogens with zero attached hydrogens (tertiary/aromatic N) is 3. The van der Waals surface area contributed by atoms with Gasteiger partial charge in [-0.2, -0.15) is 0 Å². The van der Waals surface area contributed by atoms with E-state index < -0.39 is 40.7 Å². The van der Waals surface area contributed by atoms with Crippen molar-refractivity contribution >= 4 is 0 Å². The summed E-state index contributed by atoms with van der Waals surface area (Å²) in [4.78, 5) is 25.1. The molecule has 0 fully saturated rings. The predicted molar refractivity (Wildman–Crippen MR) is 52.5 cm³/mol. The lowest BCUT2D eigenvalue weighted by atomic mass is 10.2. The third-order valence-corrected chi connectivity index (χ3v) is 0.818. The van der Waals surface area contributed by atoms with Gasteiger partial charge < -0.3 is 36.0 Å². The van der Waals surface area contributed by atoms with E-state index in [1.807, 2.05) is 0 Å². The van der Waals surface area contributed by atoms with Crippen molar-refractivity contribution in [2.45, 2.75) is 12.2 Å². The van der Waals surface area contributed by atoms with Gasteiger partial charge in [0.2, 0.25) is 0 Å². The number of aliphatic hydroxyl groups excluding tert-OH is 4. The molecular formula is C4H13N3O13. The molecule has 0 radical (unpaired) electrons. The van der Waals surface area contributed by atoms with Crippen molar-refractivity contribution in [1.29, 1.82) is 0 Å². The topological polar surface area (TPSA) is 271 Å². The van der Waals surface area contributed by atoms with Gasteiger partial charge >= 0.3 is 0 Å². The second kappa shape index (κ2) is 18.8. The van der Waals surface area contributed by atoms with Crippen LogP contribution in [0, 0.1) is 30.3 Å². The third-order valence-electron chi connectivity index (χ3n) is 0.818. The molecule has 16 nitrogen and oxygen atoms in total. The summed E-state index contributed by atoms with van der Waals surface area (Å²) in [6.45, 7) is -1.05. The number of hydrogen-bond acceptors (Lipinski definition) is 10. The fourth-order valence-electron chi connectivity index (χ4n) is 0.243. The summed E-state index contributed by atoms with van der Waals surface area (Å²) in [5.74, 6) is 0. The van der Waals surface area contributed by atoms with E-state index in [0.717, 1.165) is 0 Å². The molecule has 0 aromatic carbocycles. The van der Waals surface area contributed by atoms with Gasteiger partial charge in [-0.05, 0) is 0 Å². The highest BCUT2D eigenvalue weighted by Crippen LogP contribution is 1.88. The van der Waals surface area contributed by atoms with Crippen molar-refractivity contribution in [3.05, 3.63) is 30.3 Å². The van der Waals surface area contributed by atoms with E-state index >= 15 is 0 Å². The van der Waals surface area contributed by atoms with Gasteiger partial charge in [0, 0.05) is 0 Å². The molecule has 20 heavy (non-hydrogen) atoms. The molecule has 0 aromatic heterocycles. The molecule has 0 heterocycles. The van der Waals surface area contributed by atoms with Crippen LogP contribution in [0.15, 0.2) is 0 Å². The summed E-state index contributed by atoms with van der Waals surface area (Å²) in [5, 5.41) is 74.1. The predicted octanol–water partition coefficient (Wildman–Crippen LogP) is -3.35. The molecule has 2 unspecified atom stereocenters. The van der Waals surface area contributed by atoms with Crippen molar-refractivity contribution in [1.82, 2.24) is 0 Å². The third kappa shape index (κ3) is 109. The zero-order valence-corrected chi connectivity index (χ0v) is 9.49. The Kier molecular flexibility index (Phi) is 24.5. The second-order valence-electron chi connectivity index (χ2n) is 2.21. The summed E-state index contributed by atoms with van der Waals surface area (Å²) in [6.07, 6.45) is -2.44. The van der Waals surface area contributed by atoms with Crippen LogP contribution >= 0.6 is 0 Å². The molecule has 16 heteroatoms. The van der Waals surface area contributed by atoms with E-state index in [-0.39, 0.29) is 0 Å². The Morgan fingerprint density at radius 2 is 0.800 bits per heavy atom. The lowest BCUT2D eigenvalue weighted by Crippen LogP contribution is -2.31. The van der Waals surface area contributed by atoms with Gasteiger partial charge in [0.15, 0.2) is 0 Å². The van der Waals surface area contributed by atoms with Crippen LogP contribution in [0.2, 0.25) is 0 Å². The maximum Gasteiger partial charge on any atom is 0.291 e. The van der Waals surface area contributed by atoms with Crippen molar-refractivity contribution in [2.24, 2.45) is 0 Å². The van der Waals surface area contributed by atoms with Gasteiger partial charge in [0.1, 0.15) is 12.2 Å². The molecule has 0 spiro atoms. The standard InChI is InChI=1S/C4H10O4.3HNO3/c5-1-3(7)4(8)2-6;3*2-1(3)4/h3-8H,1-2H2;3*(H,2,3,4). The highest BCUT2D eigenvalue weighted by Gasteiger charge is 2.12. The van der Waals surface area contributed by atoms with Crippen LogP contribution < -0.4 is 0 Å². The molecule has 0 amide bonds. The van der Waals surface area contributed by atoms with Gasteiger partial charge in [0.05, 0.1) is 13.2 Å². The van der Waals surface area contributed by atoms with Gasteiger partial charge in [0.25, 0.3) is 15.3 Å². The van der Waals surface area contributed by atoms with Crippen molar-refractivity contribution in [2.75, 3.05) is 13.2 Å². The first-order chi connectivity index (χ1) is 8.91. The van der Waals surface area contributed by atoms with Crippen molar-refractivity contribution < 1.29 is 51.3 Å². The lowest BCUT2D eigenvalue weighted by Gasteiger charge is -2.10. The molecule has 0 aliphatic carbocycles. The maximum absolute atomic E-state index is 8.47. The molecule has 2 atom stereocenters. The summed E-state index contributed by atoms with van der Waals surface area (Å²) in [7, 11) is 0. The minimum atomic E-state index is -1.50. The average molecular weight is 311 g/mol. The van der Waals surface area contributed by atoms with Crippen LogP contribution in [0.1, 0.15) is 0 Å². The SMILES string of the molecule is O=[N+]([O-])O.O=[N+]([O-])O.O=[N+]([O-])O.OCC(O)C(O)CO. The molecule has 0 rings (SSSR count). The fraction of sp³-hybridized carbons (Fsp3) is 1.00. The Labute approximate surface area is 108 Å². The van der Waals surface area contributed by atoms with Crippen LogP contribution in [0.4, 0.5) is 0 Å². The van der Waals surface area contributed by atoms with E-state index in [4.69, 9.17) is 66.4 Å². The largest absolute Gasteiger partial charge is 0.394 e. The van der Waals surface area contributed by atoms with Crippen molar-refractivity contribution in [3.63, 3.8) is 0 Å². The zero-order chi connectivity index (χ0) is 17.3. The molecule has 0 aliphatic rings. The molecule has 0 aliphatic heterocycles. The van der Waals surface area contributed by atoms with Crippen LogP contribution in [0.25, 0.3) is 0 Å². The Bertz CT molecular complexity index is 209. The Balaban J connectivity index is -0.0000000917. The first kappa shape index (κ1) is 26.1. The summed E-state index contributed by atoms with van der Waals surface area (Å²) < 4.78 is 0. The van der Waals surface area contributed by atoms with Crippen LogP contribution in [0.3, 0.4) is 0 Å². The van der Waals surface area contributed by atoms with Gasteiger partial charge in [-0.15, -0.1) is 30.3 Å². The van der Waals surface area contributed by atoms with E-state index in [1.165, 1.54) is 0 Å². The van der Waals surface area contributed by atoms with Crippen LogP contribution in [0.5, 0.6) is 0 Å². The van der Waals surface area contributed by atoms with Crippen molar-refractivity contribution in [3.8, 4) is 0 Å². The molecular weight excluding hydrogens is 298 g/mol. The number of aliphatic hydroxyl groups is 4. The molecule has 0 saturated heterocycles. The fourth-order valence-corrected chi connectivity index (χ4v) is 0.243. The van der Waals surface area contributed by atoms with Crippen LogP contribution in [-0.4, -0.2) is 76.7 Å². The molecule has 0 saturated carbocycles. The summed E-state index contributed by atoms with van der Waals surface area (Å²) in [5.41, 5.74) is 0. The average Bonchev–Trinajstić information content (AvgIpc) is 2.24. The molecule has 0 bridgehead atoms. The Morgan fingerprint density at radius 3 is 0.850 bits per heavy atom. The normalized spacial score (nSPS) is 10.8. The van der Waals surface area contributed by atoms with E-state index in [9.17, 15) is 0 Å². The Hall–Kier alpha value is -2.56. The highest BCUT2D eigenvalue weighted by molar-refractivity contribution is 4.62. The molecule has 122 valence electrons. The van der Waals surface area contributed by atoms with Gasteiger partial charge in [-0.1, -0.05) is 0 Å². The smallest absolute Gasteiger partial charge is 0.291 e. The van der Waals surface area contributed by atoms with E-state index in [0.29, 0.717) is 0 Å². The lowest BCUT2D eigenvalue weighted by molar-refractivity contribution is -0.742. The zero-order valence-electron chi connectivity index (χ0n) is 9.49. The first-order valence-electron chi connectivity index (χ1n) is 3.99. The summed E-state index contributed by atoms with van der Waals surface area (Å²) >= 11 is 0. The molecule has 7 N–H and O–H groups in total. The molecule has 0 aromatic rings. The second-order valence-corrected chi connectivity index (χ2v) is 2.21. The number of hydrogen-bond donors (Lipinski definition) is 7. The maximum atomic E-state index is 8.47. The van der Waals surface area contributed by atoms with Gasteiger partial charge in [-0.3, -0.25) is 0 Å². The Morgan fingerprint density at radius 1 is 0.700 bits per heavy atom. The monoisotopic (exact) mass is 311 g/mol. The first-order valence-corrected chi connectivity index (χ1v) is 3.99. The minimum Gasteiger partial charge on any atom is -0.394 e. The highest BCUT2D eigenvalue weighted by atomic mass is 16.9. The minimum absolute atomic E-state index is 0.526. The number of rotatable bonds is 3. The van der Waals surface area contributed by atoms with E-state index in [2.05, 4.69) is 0 Å². The van der Waals surface area contributed by atoms with E-state index in [1.54, 1.807) is 0 Å².